The average Bonchev–Trinajstić information content (AvgIpc) is 2.42. The minimum atomic E-state index is 0.306. The van der Waals surface area contributed by atoms with Gasteiger partial charge in [0.2, 0.25) is 0 Å². The highest BCUT2D eigenvalue weighted by atomic mass is 16.5. The first-order valence-electron chi connectivity index (χ1n) is 7.09. The van der Waals surface area contributed by atoms with Gasteiger partial charge in [0.25, 0.3) is 0 Å². The Bertz CT molecular complexity index is 341. The van der Waals surface area contributed by atoms with Crippen molar-refractivity contribution in [2.45, 2.75) is 38.7 Å². The van der Waals surface area contributed by atoms with Gasteiger partial charge in [0.15, 0.2) is 0 Å². The lowest BCUT2D eigenvalue weighted by atomic mass is 9.90. The molecule has 100 valence electrons. The molecule has 1 atom stereocenters. The standard InChI is InChI=1S/C16H25NO/c1-13(18-2)11-14-3-5-15(6-4-14)12-16-7-9-17-10-8-16/h3-6,13,16-17H,7-12H2,1-2H3. The van der Waals surface area contributed by atoms with Gasteiger partial charge in [-0.1, -0.05) is 24.3 Å². The van der Waals surface area contributed by atoms with Crippen molar-refractivity contribution in [2.75, 3.05) is 20.2 Å². The normalized spacial score (nSPS) is 18.8. The number of rotatable bonds is 5. The molecule has 2 nitrogen and oxygen atoms in total. The van der Waals surface area contributed by atoms with Crippen LogP contribution in [0.5, 0.6) is 0 Å². The second-order valence-electron chi connectivity index (χ2n) is 5.46. The zero-order valence-corrected chi connectivity index (χ0v) is 11.6. The molecule has 1 aromatic rings. The van der Waals surface area contributed by atoms with Gasteiger partial charge in [-0.25, -0.2) is 0 Å². The van der Waals surface area contributed by atoms with Crippen LogP contribution in [0.15, 0.2) is 24.3 Å². The van der Waals surface area contributed by atoms with Crippen LogP contribution in [0.2, 0.25) is 0 Å². The summed E-state index contributed by atoms with van der Waals surface area (Å²) in [5.74, 6) is 0.870. The Balaban J connectivity index is 1.86. The molecule has 0 radical (unpaired) electrons. The van der Waals surface area contributed by atoms with Crippen LogP contribution in [-0.2, 0) is 17.6 Å². The van der Waals surface area contributed by atoms with E-state index in [0.717, 1.165) is 12.3 Å². The predicted molar refractivity (Wildman–Crippen MR) is 75.9 cm³/mol. The monoisotopic (exact) mass is 247 g/mol. The molecule has 1 unspecified atom stereocenters. The molecule has 0 spiro atoms. The lowest BCUT2D eigenvalue weighted by Gasteiger charge is -2.22. The van der Waals surface area contributed by atoms with Gasteiger partial charge in [-0.05, 0) is 62.7 Å². The summed E-state index contributed by atoms with van der Waals surface area (Å²) in [6.07, 6.45) is 5.19. The number of ether oxygens (including phenoxy) is 1. The number of piperidine rings is 1. The van der Waals surface area contributed by atoms with Gasteiger partial charge in [-0.3, -0.25) is 0 Å². The fourth-order valence-electron chi connectivity index (χ4n) is 2.65. The first-order valence-corrected chi connectivity index (χ1v) is 7.09. The van der Waals surface area contributed by atoms with E-state index in [0.29, 0.717) is 6.10 Å². The SMILES string of the molecule is COC(C)Cc1ccc(CC2CCNCC2)cc1. The molecule has 1 fully saturated rings. The Morgan fingerprint density at radius 1 is 1.17 bits per heavy atom. The van der Waals surface area contributed by atoms with E-state index in [1.165, 1.54) is 43.5 Å². The van der Waals surface area contributed by atoms with Crippen LogP contribution >= 0.6 is 0 Å². The number of benzene rings is 1. The molecule has 0 aliphatic carbocycles. The third-order valence-electron chi connectivity index (χ3n) is 3.93. The summed E-state index contributed by atoms with van der Waals surface area (Å²) in [7, 11) is 1.77. The Morgan fingerprint density at radius 2 is 1.78 bits per heavy atom. The molecular weight excluding hydrogens is 222 g/mol. The molecule has 1 heterocycles. The Morgan fingerprint density at radius 3 is 2.39 bits per heavy atom. The lowest BCUT2D eigenvalue weighted by molar-refractivity contribution is 0.119. The second-order valence-corrected chi connectivity index (χ2v) is 5.46. The average molecular weight is 247 g/mol. The molecule has 2 rings (SSSR count). The maximum atomic E-state index is 5.30. The largest absolute Gasteiger partial charge is 0.381 e. The van der Waals surface area contributed by atoms with Gasteiger partial charge in [0, 0.05) is 7.11 Å². The minimum absolute atomic E-state index is 0.306. The lowest BCUT2D eigenvalue weighted by Crippen LogP contribution is -2.28. The fourth-order valence-corrected chi connectivity index (χ4v) is 2.65. The van der Waals surface area contributed by atoms with E-state index < -0.39 is 0 Å². The van der Waals surface area contributed by atoms with Crippen molar-refractivity contribution in [1.82, 2.24) is 5.32 Å². The van der Waals surface area contributed by atoms with Crippen molar-refractivity contribution in [3.05, 3.63) is 35.4 Å². The third kappa shape index (κ3) is 4.11. The van der Waals surface area contributed by atoms with E-state index in [1.807, 2.05) is 0 Å². The summed E-state index contributed by atoms with van der Waals surface area (Å²) in [6, 6.07) is 9.09. The highest BCUT2D eigenvalue weighted by molar-refractivity contribution is 5.23. The van der Waals surface area contributed by atoms with Gasteiger partial charge in [-0.2, -0.15) is 0 Å². The minimum Gasteiger partial charge on any atom is -0.381 e. The molecule has 1 aliphatic rings. The van der Waals surface area contributed by atoms with E-state index in [-0.39, 0.29) is 0 Å². The Labute approximate surface area is 111 Å². The zero-order chi connectivity index (χ0) is 12.8. The van der Waals surface area contributed by atoms with E-state index >= 15 is 0 Å². The molecule has 2 heteroatoms. The van der Waals surface area contributed by atoms with Crippen LogP contribution in [-0.4, -0.2) is 26.3 Å². The molecular formula is C16H25NO. The summed E-state index contributed by atoms with van der Waals surface area (Å²) in [5, 5.41) is 3.42. The quantitative estimate of drug-likeness (QED) is 0.864. The number of nitrogens with one attached hydrogen (secondary N) is 1. The smallest absolute Gasteiger partial charge is 0.0583 e. The van der Waals surface area contributed by atoms with Crippen LogP contribution in [0.1, 0.15) is 30.9 Å². The fraction of sp³-hybridized carbons (Fsp3) is 0.625. The molecule has 0 saturated carbocycles. The molecule has 0 aromatic heterocycles. The highest BCUT2D eigenvalue weighted by Crippen LogP contribution is 2.18. The molecule has 1 aliphatic heterocycles. The van der Waals surface area contributed by atoms with Crippen molar-refractivity contribution in [3.8, 4) is 0 Å². The van der Waals surface area contributed by atoms with Crippen molar-refractivity contribution in [1.29, 1.82) is 0 Å². The van der Waals surface area contributed by atoms with Crippen LogP contribution in [0.25, 0.3) is 0 Å². The van der Waals surface area contributed by atoms with E-state index in [2.05, 4.69) is 36.5 Å². The highest BCUT2D eigenvalue weighted by Gasteiger charge is 2.13. The van der Waals surface area contributed by atoms with Crippen LogP contribution in [0.4, 0.5) is 0 Å². The summed E-state index contributed by atoms with van der Waals surface area (Å²) >= 11 is 0. The van der Waals surface area contributed by atoms with Gasteiger partial charge >= 0.3 is 0 Å². The third-order valence-corrected chi connectivity index (χ3v) is 3.93. The summed E-state index contributed by atoms with van der Waals surface area (Å²) in [4.78, 5) is 0. The first-order chi connectivity index (χ1) is 8.78. The van der Waals surface area contributed by atoms with Gasteiger partial charge in [-0.15, -0.1) is 0 Å². The number of hydrogen-bond donors (Lipinski definition) is 1. The summed E-state index contributed by atoms with van der Waals surface area (Å²) < 4.78 is 5.30. The van der Waals surface area contributed by atoms with E-state index in [1.54, 1.807) is 7.11 Å². The van der Waals surface area contributed by atoms with E-state index in [9.17, 15) is 0 Å². The van der Waals surface area contributed by atoms with Crippen molar-refractivity contribution >= 4 is 0 Å². The van der Waals surface area contributed by atoms with Crippen LogP contribution < -0.4 is 5.32 Å². The second kappa shape index (κ2) is 6.91. The summed E-state index contributed by atoms with van der Waals surface area (Å²) in [6.45, 7) is 4.49. The molecule has 0 amide bonds. The van der Waals surface area contributed by atoms with Gasteiger partial charge < -0.3 is 10.1 Å². The molecule has 1 saturated heterocycles. The summed E-state index contributed by atoms with van der Waals surface area (Å²) in [5.41, 5.74) is 2.86. The number of hydrogen-bond acceptors (Lipinski definition) is 2. The molecule has 18 heavy (non-hydrogen) atoms. The zero-order valence-electron chi connectivity index (χ0n) is 11.6. The van der Waals surface area contributed by atoms with Crippen LogP contribution in [0.3, 0.4) is 0 Å². The molecule has 0 bridgehead atoms. The number of methoxy groups -OCH3 is 1. The van der Waals surface area contributed by atoms with Crippen LogP contribution in [0, 0.1) is 5.92 Å². The Hall–Kier alpha value is -0.860. The topological polar surface area (TPSA) is 21.3 Å². The van der Waals surface area contributed by atoms with Crippen molar-refractivity contribution in [3.63, 3.8) is 0 Å². The van der Waals surface area contributed by atoms with Gasteiger partial charge in [0.1, 0.15) is 0 Å². The molecule has 1 aromatic carbocycles. The first kappa shape index (κ1) is 13.6. The maximum Gasteiger partial charge on any atom is 0.0583 e. The van der Waals surface area contributed by atoms with E-state index in [4.69, 9.17) is 4.74 Å². The predicted octanol–water partition coefficient (Wildman–Crippen LogP) is 2.81. The van der Waals surface area contributed by atoms with Gasteiger partial charge in [0.05, 0.1) is 6.10 Å². The van der Waals surface area contributed by atoms with Crippen molar-refractivity contribution < 1.29 is 4.74 Å². The van der Waals surface area contributed by atoms with Crippen molar-refractivity contribution in [2.24, 2.45) is 5.92 Å². The maximum absolute atomic E-state index is 5.30. The Kier molecular flexibility index (Phi) is 5.21. The molecule has 1 N–H and O–H groups in total.